The zero-order valence-corrected chi connectivity index (χ0v) is 11.3. The van der Waals surface area contributed by atoms with Crippen LogP contribution in [0, 0.1) is 0 Å². The zero-order chi connectivity index (χ0) is 13.4. The molecule has 1 unspecified atom stereocenters. The van der Waals surface area contributed by atoms with E-state index in [0.717, 1.165) is 12.8 Å². The van der Waals surface area contributed by atoms with E-state index in [1.807, 2.05) is 0 Å². The van der Waals surface area contributed by atoms with E-state index in [4.69, 9.17) is 21.4 Å². The van der Waals surface area contributed by atoms with Crippen molar-refractivity contribution in [3.8, 4) is 5.75 Å². The van der Waals surface area contributed by atoms with E-state index in [-0.39, 0.29) is 10.9 Å². The van der Waals surface area contributed by atoms with E-state index in [9.17, 15) is 4.79 Å². The van der Waals surface area contributed by atoms with Crippen molar-refractivity contribution >= 4 is 17.6 Å². The summed E-state index contributed by atoms with van der Waals surface area (Å²) < 4.78 is 5.51. The van der Waals surface area contributed by atoms with Crippen molar-refractivity contribution in [3.05, 3.63) is 29.8 Å². The van der Waals surface area contributed by atoms with Gasteiger partial charge in [-0.2, -0.15) is 0 Å². The number of alkyl halides is 1. The van der Waals surface area contributed by atoms with Gasteiger partial charge >= 0.3 is 5.97 Å². The fraction of sp³-hybridized carbons (Fsp3) is 0.500. The molecule has 0 saturated carbocycles. The molecule has 1 aromatic rings. The van der Waals surface area contributed by atoms with Crippen molar-refractivity contribution in [3.63, 3.8) is 0 Å². The van der Waals surface area contributed by atoms with Crippen molar-refractivity contribution in [2.75, 3.05) is 6.61 Å². The maximum absolute atomic E-state index is 10.7. The Labute approximate surface area is 113 Å². The zero-order valence-electron chi connectivity index (χ0n) is 10.6. The molecule has 0 heterocycles. The Bertz CT molecular complexity index is 362. The van der Waals surface area contributed by atoms with Crippen LogP contribution in [0.4, 0.5) is 0 Å². The van der Waals surface area contributed by atoms with Gasteiger partial charge in [0.25, 0.3) is 0 Å². The Balaban J connectivity index is 2.32. The topological polar surface area (TPSA) is 46.5 Å². The van der Waals surface area contributed by atoms with Gasteiger partial charge in [-0.05, 0) is 30.7 Å². The maximum atomic E-state index is 10.7. The molecular formula is C14H19ClO3. The van der Waals surface area contributed by atoms with E-state index in [1.54, 1.807) is 12.1 Å². The molecular weight excluding hydrogens is 252 g/mol. The molecule has 0 bridgehead atoms. The minimum Gasteiger partial charge on any atom is -0.492 e. The molecule has 18 heavy (non-hydrogen) atoms. The van der Waals surface area contributed by atoms with Gasteiger partial charge in [0, 0.05) is 0 Å². The fourth-order valence-corrected chi connectivity index (χ4v) is 1.80. The molecule has 0 radical (unpaired) electrons. The van der Waals surface area contributed by atoms with Crippen LogP contribution < -0.4 is 4.74 Å². The first-order valence-electron chi connectivity index (χ1n) is 6.23. The Morgan fingerprint density at radius 3 is 2.56 bits per heavy atom. The summed E-state index contributed by atoms with van der Waals surface area (Å²) in [6.07, 6.45) is 4.44. The van der Waals surface area contributed by atoms with E-state index < -0.39 is 5.97 Å². The first-order chi connectivity index (χ1) is 8.63. The highest BCUT2D eigenvalue weighted by atomic mass is 35.5. The highest BCUT2D eigenvalue weighted by Crippen LogP contribution is 2.15. The normalized spacial score (nSPS) is 12.1. The highest BCUT2D eigenvalue weighted by molar-refractivity contribution is 6.20. The van der Waals surface area contributed by atoms with Crippen LogP contribution in [0.5, 0.6) is 5.75 Å². The third-order valence-corrected chi connectivity index (χ3v) is 3.00. The van der Waals surface area contributed by atoms with E-state index in [0.29, 0.717) is 12.4 Å². The molecule has 1 N–H and O–H groups in total. The summed E-state index contributed by atoms with van der Waals surface area (Å²) in [5.74, 6) is -0.280. The maximum Gasteiger partial charge on any atom is 0.335 e. The van der Waals surface area contributed by atoms with Crippen LogP contribution in [0.1, 0.15) is 43.0 Å². The summed E-state index contributed by atoms with van der Waals surface area (Å²) in [4.78, 5) is 10.7. The first-order valence-corrected chi connectivity index (χ1v) is 6.67. The van der Waals surface area contributed by atoms with Crippen molar-refractivity contribution in [2.45, 2.75) is 38.0 Å². The second-order valence-corrected chi connectivity index (χ2v) is 4.85. The molecule has 1 atom stereocenters. The lowest BCUT2D eigenvalue weighted by atomic mass is 10.1. The van der Waals surface area contributed by atoms with Gasteiger partial charge in [0.1, 0.15) is 12.4 Å². The summed E-state index contributed by atoms with van der Waals surface area (Å²) in [6, 6.07) is 6.36. The molecule has 0 spiro atoms. The van der Waals surface area contributed by atoms with Crippen LogP contribution in [-0.4, -0.2) is 23.1 Å². The van der Waals surface area contributed by atoms with Gasteiger partial charge in [0.05, 0.1) is 10.9 Å². The number of ether oxygens (including phenoxy) is 1. The third kappa shape index (κ3) is 5.41. The lowest BCUT2D eigenvalue weighted by Gasteiger charge is -2.11. The number of rotatable bonds is 8. The quantitative estimate of drug-likeness (QED) is 0.575. The van der Waals surface area contributed by atoms with Gasteiger partial charge in [-0.15, -0.1) is 11.6 Å². The lowest BCUT2D eigenvalue weighted by Crippen LogP contribution is -2.11. The average Bonchev–Trinajstić information content (AvgIpc) is 2.37. The Hall–Kier alpha value is -1.22. The molecule has 0 aliphatic carbocycles. The van der Waals surface area contributed by atoms with Gasteiger partial charge < -0.3 is 9.84 Å². The highest BCUT2D eigenvalue weighted by Gasteiger charge is 2.06. The molecule has 0 saturated heterocycles. The number of unbranched alkanes of at least 4 members (excludes halogenated alkanes) is 2. The predicted octanol–water partition coefficient (Wildman–Crippen LogP) is 3.95. The number of benzene rings is 1. The summed E-state index contributed by atoms with van der Waals surface area (Å²) in [5.41, 5.74) is 0.257. The van der Waals surface area contributed by atoms with Crippen molar-refractivity contribution in [1.29, 1.82) is 0 Å². The molecule has 0 fully saturated rings. The Morgan fingerprint density at radius 2 is 2.00 bits per heavy atom. The molecule has 0 amide bonds. The van der Waals surface area contributed by atoms with Crippen LogP contribution in [0.25, 0.3) is 0 Å². The van der Waals surface area contributed by atoms with Gasteiger partial charge in [0.15, 0.2) is 0 Å². The van der Waals surface area contributed by atoms with Crippen molar-refractivity contribution in [2.24, 2.45) is 0 Å². The number of carbonyl (C=O) groups is 1. The number of halogens is 1. The van der Waals surface area contributed by atoms with E-state index >= 15 is 0 Å². The van der Waals surface area contributed by atoms with Crippen LogP contribution in [0.3, 0.4) is 0 Å². The Kier molecular flexibility index (Phi) is 6.58. The number of hydrogen-bond acceptors (Lipinski definition) is 2. The lowest BCUT2D eigenvalue weighted by molar-refractivity contribution is 0.0697. The van der Waals surface area contributed by atoms with Crippen LogP contribution in [0.15, 0.2) is 24.3 Å². The minimum atomic E-state index is -0.934. The van der Waals surface area contributed by atoms with Crippen LogP contribution >= 0.6 is 11.6 Å². The second kappa shape index (κ2) is 7.98. The van der Waals surface area contributed by atoms with E-state index in [1.165, 1.54) is 25.0 Å². The smallest absolute Gasteiger partial charge is 0.335 e. The largest absolute Gasteiger partial charge is 0.492 e. The molecule has 0 aliphatic heterocycles. The van der Waals surface area contributed by atoms with Gasteiger partial charge in [-0.25, -0.2) is 4.79 Å². The van der Waals surface area contributed by atoms with Crippen LogP contribution in [0.2, 0.25) is 0 Å². The standard InChI is InChI=1S/C14H19ClO3/c1-2-3-4-5-12(15)10-18-13-8-6-11(7-9-13)14(16)17/h6-9,12H,2-5,10H2,1H3,(H,16,17). The molecule has 3 nitrogen and oxygen atoms in total. The molecule has 100 valence electrons. The molecule has 0 aliphatic rings. The van der Waals surface area contributed by atoms with Gasteiger partial charge in [-0.1, -0.05) is 26.2 Å². The third-order valence-electron chi connectivity index (χ3n) is 2.65. The number of carboxylic acid groups (broad SMARTS) is 1. The van der Waals surface area contributed by atoms with Crippen molar-refractivity contribution < 1.29 is 14.6 Å². The molecule has 0 aromatic heterocycles. The van der Waals surface area contributed by atoms with Crippen molar-refractivity contribution in [1.82, 2.24) is 0 Å². The summed E-state index contributed by atoms with van der Waals surface area (Å²) in [7, 11) is 0. The predicted molar refractivity (Wildman–Crippen MR) is 72.7 cm³/mol. The number of aromatic carboxylic acids is 1. The summed E-state index contributed by atoms with van der Waals surface area (Å²) in [6.45, 7) is 2.61. The van der Waals surface area contributed by atoms with Crippen LogP contribution in [-0.2, 0) is 0 Å². The Morgan fingerprint density at radius 1 is 1.33 bits per heavy atom. The first kappa shape index (κ1) is 14.8. The summed E-state index contributed by atoms with van der Waals surface area (Å²) >= 11 is 6.13. The number of hydrogen-bond donors (Lipinski definition) is 1. The molecule has 4 heteroatoms. The summed E-state index contributed by atoms with van der Waals surface area (Å²) in [5, 5.41) is 8.76. The number of carboxylic acids is 1. The SMILES string of the molecule is CCCCCC(Cl)COc1ccc(C(=O)O)cc1. The van der Waals surface area contributed by atoms with Gasteiger partial charge in [0.2, 0.25) is 0 Å². The molecule has 1 rings (SSSR count). The molecule has 1 aromatic carbocycles. The fourth-order valence-electron chi connectivity index (χ4n) is 1.58. The van der Waals surface area contributed by atoms with Gasteiger partial charge in [-0.3, -0.25) is 0 Å². The average molecular weight is 271 g/mol. The monoisotopic (exact) mass is 270 g/mol. The minimum absolute atomic E-state index is 0.00991. The second-order valence-electron chi connectivity index (χ2n) is 4.23. The van der Waals surface area contributed by atoms with E-state index in [2.05, 4.69) is 6.92 Å².